The van der Waals surface area contributed by atoms with Crippen molar-refractivity contribution in [1.29, 1.82) is 5.26 Å². The van der Waals surface area contributed by atoms with Gasteiger partial charge < -0.3 is 15.2 Å². The lowest BCUT2D eigenvalue weighted by Gasteiger charge is -2.26. The van der Waals surface area contributed by atoms with Crippen molar-refractivity contribution in [3.8, 4) is 6.19 Å². The molecule has 0 saturated heterocycles. The first-order valence-corrected chi connectivity index (χ1v) is 7.31. The van der Waals surface area contributed by atoms with E-state index in [4.69, 9.17) is 15.1 Å². The average Bonchev–Trinajstić information content (AvgIpc) is 2.51. The molecule has 0 aromatic rings. The van der Waals surface area contributed by atoms with E-state index in [1.54, 1.807) is 6.19 Å². The van der Waals surface area contributed by atoms with Gasteiger partial charge in [-0.05, 0) is 12.3 Å². The van der Waals surface area contributed by atoms with Gasteiger partial charge in [0.25, 0.3) is 5.91 Å². The number of hydrogen-bond donors (Lipinski definition) is 2. The third-order valence-corrected chi connectivity index (χ3v) is 3.66. The second-order valence-electron chi connectivity index (χ2n) is 5.28. The molecule has 1 aliphatic rings. The van der Waals surface area contributed by atoms with Crippen LogP contribution in [-0.4, -0.2) is 48.3 Å². The largest absolute Gasteiger partial charge is 0.436 e. The number of amides is 2. The maximum atomic E-state index is 12.1. The van der Waals surface area contributed by atoms with E-state index in [9.17, 15) is 9.59 Å². The molecule has 1 fully saturated rings. The van der Waals surface area contributed by atoms with Crippen LogP contribution in [0.5, 0.6) is 0 Å². The van der Waals surface area contributed by atoms with Crippen molar-refractivity contribution < 1.29 is 19.4 Å². The van der Waals surface area contributed by atoms with E-state index in [0.717, 1.165) is 30.6 Å². The lowest BCUT2D eigenvalue weighted by molar-refractivity contribution is -0.137. The summed E-state index contributed by atoms with van der Waals surface area (Å²) in [4.78, 5) is 24.6. The highest BCUT2D eigenvalue weighted by Gasteiger charge is 2.29. The van der Waals surface area contributed by atoms with E-state index >= 15 is 0 Å². The number of likely N-dealkylation sites (N-methyl/N-ethyl adjacent to an activating group) is 1. The van der Waals surface area contributed by atoms with Crippen molar-refractivity contribution in [3.63, 3.8) is 0 Å². The topological polar surface area (TPSA) is 103 Å². The van der Waals surface area contributed by atoms with Crippen LogP contribution in [-0.2, 0) is 9.53 Å². The quantitative estimate of drug-likeness (QED) is 0.562. The van der Waals surface area contributed by atoms with Crippen molar-refractivity contribution in [1.82, 2.24) is 10.2 Å². The number of aliphatic hydroxyl groups is 1. The van der Waals surface area contributed by atoms with Crippen LogP contribution < -0.4 is 5.32 Å². The van der Waals surface area contributed by atoms with Gasteiger partial charge >= 0.3 is 6.09 Å². The number of nitrogens with one attached hydrogen (secondary N) is 1. The summed E-state index contributed by atoms with van der Waals surface area (Å²) in [5.41, 5.74) is 0. The molecule has 0 radical (unpaired) electrons. The molecule has 0 aromatic carbocycles. The maximum absolute atomic E-state index is 12.1. The molecular weight excluding hydrogens is 274 g/mol. The van der Waals surface area contributed by atoms with Crippen LogP contribution in [0.4, 0.5) is 4.79 Å². The van der Waals surface area contributed by atoms with E-state index < -0.39 is 18.1 Å². The smallest absolute Gasteiger partial charge is 0.408 e. The SMILES string of the molecule is CN(C#N)C(=O)C(CC1CCCCC1)OC(=O)NCCO. The lowest BCUT2D eigenvalue weighted by Crippen LogP contribution is -2.41. The normalized spacial score (nSPS) is 16.6. The van der Waals surface area contributed by atoms with Crippen molar-refractivity contribution >= 4 is 12.0 Å². The molecule has 0 aliphatic heterocycles. The van der Waals surface area contributed by atoms with Crippen molar-refractivity contribution in [2.24, 2.45) is 5.92 Å². The number of rotatable bonds is 6. The van der Waals surface area contributed by atoms with Crippen molar-refractivity contribution in [2.45, 2.75) is 44.6 Å². The van der Waals surface area contributed by atoms with Crippen molar-refractivity contribution in [2.75, 3.05) is 20.2 Å². The monoisotopic (exact) mass is 297 g/mol. The molecule has 0 heterocycles. The zero-order valence-corrected chi connectivity index (χ0v) is 12.4. The molecule has 1 saturated carbocycles. The Morgan fingerprint density at radius 3 is 2.67 bits per heavy atom. The molecule has 118 valence electrons. The number of aliphatic hydroxyl groups excluding tert-OH is 1. The summed E-state index contributed by atoms with van der Waals surface area (Å²) < 4.78 is 5.14. The van der Waals surface area contributed by atoms with Crippen LogP contribution in [0.2, 0.25) is 0 Å². The first-order chi connectivity index (χ1) is 10.1. The number of nitriles is 1. The van der Waals surface area contributed by atoms with Crippen LogP contribution in [0.15, 0.2) is 0 Å². The van der Waals surface area contributed by atoms with E-state index in [0.29, 0.717) is 12.3 Å². The molecule has 1 atom stereocenters. The molecule has 2 amide bonds. The zero-order chi connectivity index (χ0) is 15.7. The number of carbonyl (C=O) groups is 2. The van der Waals surface area contributed by atoms with Gasteiger partial charge in [-0.25, -0.2) is 9.69 Å². The van der Waals surface area contributed by atoms with Crippen LogP contribution in [0, 0.1) is 17.4 Å². The Bertz CT molecular complexity index is 388. The summed E-state index contributed by atoms with van der Waals surface area (Å²) in [6.45, 7) is -0.133. The minimum atomic E-state index is -0.948. The third-order valence-electron chi connectivity index (χ3n) is 3.66. The first-order valence-electron chi connectivity index (χ1n) is 7.31. The molecule has 2 N–H and O–H groups in total. The molecule has 1 unspecified atom stereocenters. The Labute approximate surface area is 124 Å². The lowest BCUT2D eigenvalue weighted by atomic mass is 9.85. The van der Waals surface area contributed by atoms with Crippen molar-refractivity contribution in [3.05, 3.63) is 0 Å². The van der Waals surface area contributed by atoms with Gasteiger partial charge in [0.2, 0.25) is 0 Å². The highest BCUT2D eigenvalue weighted by Crippen LogP contribution is 2.28. The Hall–Kier alpha value is -1.81. The average molecular weight is 297 g/mol. The van der Waals surface area contributed by atoms with Gasteiger partial charge in [0, 0.05) is 13.6 Å². The molecule has 7 heteroatoms. The van der Waals surface area contributed by atoms with Gasteiger partial charge in [0.15, 0.2) is 12.3 Å². The van der Waals surface area contributed by atoms with Gasteiger partial charge in [-0.15, -0.1) is 0 Å². The number of carbonyl (C=O) groups excluding carboxylic acids is 2. The molecule has 0 aromatic heterocycles. The van der Waals surface area contributed by atoms with Gasteiger partial charge in [0.05, 0.1) is 6.61 Å². The summed E-state index contributed by atoms with van der Waals surface area (Å²) in [7, 11) is 1.35. The van der Waals surface area contributed by atoms with Gasteiger partial charge in [-0.3, -0.25) is 4.79 Å². The van der Waals surface area contributed by atoms with E-state index in [1.807, 2.05) is 0 Å². The van der Waals surface area contributed by atoms with E-state index in [2.05, 4.69) is 5.32 Å². The van der Waals surface area contributed by atoms with E-state index in [-0.39, 0.29) is 13.2 Å². The highest BCUT2D eigenvalue weighted by atomic mass is 16.6. The Balaban J connectivity index is 2.62. The van der Waals surface area contributed by atoms with Crippen LogP contribution in [0.3, 0.4) is 0 Å². The molecule has 7 nitrogen and oxygen atoms in total. The minimum Gasteiger partial charge on any atom is -0.436 e. The summed E-state index contributed by atoms with van der Waals surface area (Å²) in [5.74, 6) is -0.173. The number of alkyl carbamates (subject to hydrolysis) is 1. The molecule has 0 bridgehead atoms. The predicted molar refractivity (Wildman–Crippen MR) is 74.9 cm³/mol. The van der Waals surface area contributed by atoms with E-state index in [1.165, 1.54) is 13.5 Å². The van der Waals surface area contributed by atoms with Gasteiger partial charge in [-0.2, -0.15) is 5.26 Å². The number of nitrogens with zero attached hydrogens (tertiary/aromatic N) is 2. The van der Waals surface area contributed by atoms with Crippen LogP contribution >= 0.6 is 0 Å². The Morgan fingerprint density at radius 2 is 2.10 bits per heavy atom. The molecule has 1 rings (SSSR count). The number of ether oxygens (including phenoxy) is 1. The van der Waals surface area contributed by atoms with Crippen LogP contribution in [0.1, 0.15) is 38.5 Å². The summed E-state index contributed by atoms with van der Waals surface area (Å²) >= 11 is 0. The minimum absolute atomic E-state index is 0.0667. The summed E-state index contributed by atoms with van der Waals surface area (Å²) in [6, 6.07) is 0. The molecule has 0 spiro atoms. The summed E-state index contributed by atoms with van der Waals surface area (Å²) in [5, 5.41) is 19.8. The number of hydrogen-bond acceptors (Lipinski definition) is 5. The first kappa shape index (κ1) is 17.2. The zero-order valence-electron chi connectivity index (χ0n) is 12.4. The van der Waals surface area contributed by atoms with Gasteiger partial charge in [0.1, 0.15) is 0 Å². The standard InChI is InChI=1S/C14H23N3O4/c1-17(10-15)13(19)12(21-14(20)16-7-8-18)9-11-5-3-2-4-6-11/h11-12,18H,2-9H2,1H3,(H,16,20). The fourth-order valence-electron chi connectivity index (χ4n) is 2.52. The summed E-state index contributed by atoms with van der Waals surface area (Å²) in [6.07, 6.45) is 5.95. The molecule has 21 heavy (non-hydrogen) atoms. The predicted octanol–water partition coefficient (Wildman–Crippen LogP) is 0.983. The third kappa shape index (κ3) is 6.00. The van der Waals surface area contributed by atoms with Crippen LogP contribution in [0.25, 0.3) is 0 Å². The fourth-order valence-corrected chi connectivity index (χ4v) is 2.52. The molecular formula is C14H23N3O4. The fraction of sp³-hybridized carbons (Fsp3) is 0.786. The highest BCUT2D eigenvalue weighted by molar-refractivity contribution is 5.84. The Morgan fingerprint density at radius 1 is 1.43 bits per heavy atom. The second kappa shape index (κ2) is 9.19. The molecule has 1 aliphatic carbocycles. The second-order valence-corrected chi connectivity index (χ2v) is 5.28. The Kier molecular flexibility index (Phi) is 7.54. The van der Waals surface area contributed by atoms with Gasteiger partial charge in [-0.1, -0.05) is 32.1 Å². The maximum Gasteiger partial charge on any atom is 0.408 e.